The Morgan fingerprint density at radius 3 is 2.39 bits per heavy atom. The molecule has 0 N–H and O–H groups in total. The van der Waals surface area contributed by atoms with E-state index in [2.05, 4.69) is 45.6 Å². The second-order valence-electron chi connectivity index (χ2n) is 8.53. The van der Waals surface area contributed by atoms with Crippen molar-refractivity contribution in [3.05, 3.63) is 33.5 Å². The highest BCUT2D eigenvalue weighted by Gasteiger charge is 2.41. The topological polar surface area (TPSA) is 16.4 Å². The molecule has 3 heterocycles. The summed E-state index contributed by atoms with van der Waals surface area (Å²) < 4.78 is 6.70. The summed E-state index contributed by atoms with van der Waals surface area (Å²) in [5, 5.41) is 1.23. The Morgan fingerprint density at radius 1 is 1.04 bits per heavy atom. The molecule has 0 unspecified atom stereocenters. The van der Waals surface area contributed by atoms with Gasteiger partial charge in [-0.25, -0.2) is 0 Å². The molecule has 0 bridgehead atoms. The second kappa shape index (κ2) is 4.60. The van der Waals surface area contributed by atoms with E-state index >= 15 is 0 Å². The zero-order valence-corrected chi connectivity index (χ0v) is 15.6. The van der Waals surface area contributed by atoms with Gasteiger partial charge in [0.2, 0.25) is 0 Å². The first kappa shape index (κ1) is 15.2. The standard InChI is InChI=1S/C20H25NOS/c1-12-10-15(23)22-18-13(12)11-14-17-16(18)20(4,5)7-9-21(17)8-6-19(14,2)3/h10-11H,6-9H2,1-5H3. The molecular weight excluding hydrogens is 302 g/mol. The highest BCUT2D eigenvalue weighted by atomic mass is 32.1. The van der Waals surface area contributed by atoms with Crippen LogP contribution >= 0.6 is 12.2 Å². The fraction of sp³-hybridized carbons (Fsp3) is 0.550. The molecule has 122 valence electrons. The molecule has 0 saturated carbocycles. The lowest BCUT2D eigenvalue weighted by molar-refractivity contribution is 0.399. The van der Waals surface area contributed by atoms with Gasteiger partial charge in [-0.3, -0.25) is 0 Å². The number of benzene rings is 1. The average Bonchev–Trinajstić information content (AvgIpc) is 2.44. The highest BCUT2D eigenvalue weighted by Crippen LogP contribution is 2.52. The van der Waals surface area contributed by atoms with Crippen LogP contribution in [-0.2, 0) is 10.8 Å². The molecule has 23 heavy (non-hydrogen) atoms. The van der Waals surface area contributed by atoms with Crippen molar-refractivity contribution in [2.75, 3.05) is 18.0 Å². The molecule has 1 aromatic heterocycles. The lowest BCUT2D eigenvalue weighted by atomic mass is 9.69. The lowest BCUT2D eigenvalue weighted by Crippen LogP contribution is -2.44. The van der Waals surface area contributed by atoms with E-state index < -0.39 is 0 Å². The minimum Gasteiger partial charge on any atom is -0.445 e. The van der Waals surface area contributed by atoms with E-state index in [-0.39, 0.29) is 10.8 Å². The van der Waals surface area contributed by atoms with Crippen LogP contribution in [0.2, 0.25) is 0 Å². The molecule has 0 radical (unpaired) electrons. The first-order valence-electron chi connectivity index (χ1n) is 8.58. The maximum atomic E-state index is 6.10. The van der Waals surface area contributed by atoms with Crippen LogP contribution in [0.1, 0.15) is 57.2 Å². The Labute approximate surface area is 143 Å². The fourth-order valence-corrected chi connectivity index (χ4v) is 4.59. The van der Waals surface area contributed by atoms with E-state index in [0.717, 1.165) is 25.1 Å². The van der Waals surface area contributed by atoms with Gasteiger partial charge in [0.1, 0.15) is 5.58 Å². The molecule has 0 atom stereocenters. The Hall–Kier alpha value is -1.35. The van der Waals surface area contributed by atoms with Gasteiger partial charge in [-0.1, -0.05) is 27.7 Å². The van der Waals surface area contributed by atoms with E-state index in [1.54, 1.807) is 0 Å². The summed E-state index contributed by atoms with van der Waals surface area (Å²) in [4.78, 5) is 2.57. The molecule has 2 aliphatic heterocycles. The predicted octanol–water partition coefficient (Wildman–Crippen LogP) is 5.64. The van der Waals surface area contributed by atoms with Crippen molar-refractivity contribution in [3.8, 4) is 0 Å². The Kier molecular flexibility index (Phi) is 3.04. The van der Waals surface area contributed by atoms with Gasteiger partial charge in [-0.15, -0.1) is 0 Å². The van der Waals surface area contributed by atoms with Crippen molar-refractivity contribution < 1.29 is 4.42 Å². The third kappa shape index (κ3) is 2.09. The van der Waals surface area contributed by atoms with Crippen molar-refractivity contribution in [3.63, 3.8) is 0 Å². The van der Waals surface area contributed by atoms with E-state index in [0.29, 0.717) is 4.71 Å². The fourth-order valence-electron chi connectivity index (χ4n) is 4.33. The molecule has 0 amide bonds. The van der Waals surface area contributed by atoms with E-state index in [4.69, 9.17) is 16.6 Å². The van der Waals surface area contributed by atoms with Gasteiger partial charge in [0, 0.05) is 29.7 Å². The maximum Gasteiger partial charge on any atom is 0.191 e. The van der Waals surface area contributed by atoms with Crippen LogP contribution in [0.4, 0.5) is 5.69 Å². The Bertz CT molecular complexity index is 873. The highest BCUT2D eigenvalue weighted by molar-refractivity contribution is 7.71. The maximum absolute atomic E-state index is 6.10. The number of nitrogens with zero attached hydrogens (tertiary/aromatic N) is 1. The van der Waals surface area contributed by atoms with Crippen molar-refractivity contribution >= 4 is 28.9 Å². The summed E-state index contributed by atoms with van der Waals surface area (Å²) in [5.41, 5.74) is 6.85. The summed E-state index contributed by atoms with van der Waals surface area (Å²) >= 11 is 5.38. The minimum atomic E-state index is 0.118. The molecule has 0 spiro atoms. The number of rotatable bonds is 0. The van der Waals surface area contributed by atoms with Crippen LogP contribution in [0, 0.1) is 11.6 Å². The van der Waals surface area contributed by atoms with Crippen molar-refractivity contribution in [2.24, 2.45) is 0 Å². The summed E-state index contributed by atoms with van der Waals surface area (Å²) in [5.74, 6) is 0. The lowest BCUT2D eigenvalue weighted by Gasteiger charge is -2.48. The van der Waals surface area contributed by atoms with Crippen molar-refractivity contribution in [2.45, 2.75) is 58.3 Å². The Balaban J connectivity index is 2.23. The van der Waals surface area contributed by atoms with E-state index in [1.807, 2.05) is 6.07 Å². The van der Waals surface area contributed by atoms with Gasteiger partial charge >= 0.3 is 0 Å². The van der Waals surface area contributed by atoms with Gasteiger partial charge in [0.15, 0.2) is 4.71 Å². The number of aryl methyl sites for hydroxylation is 1. The minimum absolute atomic E-state index is 0.118. The molecule has 3 heteroatoms. The molecule has 2 aliphatic rings. The molecule has 0 fully saturated rings. The zero-order chi connectivity index (χ0) is 16.6. The number of hydrogen-bond acceptors (Lipinski definition) is 3. The van der Waals surface area contributed by atoms with Gasteiger partial charge in [0.05, 0.1) is 0 Å². The SMILES string of the molecule is Cc1cc(=S)oc2c3c4c(cc12)C(C)(C)CCN4CCC3(C)C. The monoisotopic (exact) mass is 327 g/mol. The largest absolute Gasteiger partial charge is 0.445 e. The third-order valence-electron chi connectivity index (χ3n) is 5.95. The first-order chi connectivity index (χ1) is 10.7. The van der Waals surface area contributed by atoms with Crippen LogP contribution in [0.3, 0.4) is 0 Å². The van der Waals surface area contributed by atoms with E-state index in [9.17, 15) is 0 Å². The second-order valence-corrected chi connectivity index (χ2v) is 8.93. The van der Waals surface area contributed by atoms with Crippen LogP contribution < -0.4 is 4.90 Å². The number of anilines is 1. The van der Waals surface area contributed by atoms with Gasteiger partial charge in [0.25, 0.3) is 0 Å². The predicted molar refractivity (Wildman–Crippen MR) is 99.3 cm³/mol. The van der Waals surface area contributed by atoms with Crippen LogP contribution in [0.25, 0.3) is 11.0 Å². The average molecular weight is 327 g/mol. The summed E-state index contributed by atoms with van der Waals surface area (Å²) in [6.07, 6.45) is 2.37. The van der Waals surface area contributed by atoms with Crippen molar-refractivity contribution in [1.29, 1.82) is 0 Å². The van der Waals surface area contributed by atoms with Gasteiger partial charge in [-0.2, -0.15) is 0 Å². The summed E-state index contributed by atoms with van der Waals surface area (Å²) in [6, 6.07) is 4.36. The molecule has 1 aromatic carbocycles. The summed E-state index contributed by atoms with van der Waals surface area (Å²) in [7, 11) is 0. The van der Waals surface area contributed by atoms with Gasteiger partial charge in [-0.05, 0) is 66.1 Å². The van der Waals surface area contributed by atoms with Crippen LogP contribution in [0.5, 0.6) is 0 Å². The third-order valence-corrected chi connectivity index (χ3v) is 6.15. The smallest absolute Gasteiger partial charge is 0.191 e. The summed E-state index contributed by atoms with van der Waals surface area (Å²) in [6.45, 7) is 13.9. The number of hydrogen-bond donors (Lipinski definition) is 0. The molecule has 4 rings (SSSR count). The van der Waals surface area contributed by atoms with Gasteiger partial charge < -0.3 is 9.32 Å². The normalized spacial score (nSPS) is 21.3. The quantitative estimate of drug-likeness (QED) is 0.583. The zero-order valence-electron chi connectivity index (χ0n) is 14.7. The first-order valence-corrected chi connectivity index (χ1v) is 8.99. The van der Waals surface area contributed by atoms with Crippen LogP contribution in [0.15, 0.2) is 16.5 Å². The molecule has 0 saturated heterocycles. The Morgan fingerprint density at radius 2 is 1.70 bits per heavy atom. The molecule has 2 aromatic rings. The molecule has 2 nitrogen and oxygen atoms in total. The van der Waals surface area contributed by atoms with E-state index in [1.165, 1.54) is 34.2 Å². The number of fused-ring (bicyclic) bond motifs is 2. The van der Waals surface area contributed by atoms with Crippen LogP contribution in [-0.4, -0.2) is 13.1 Å². The van der Waals surface area contributed by atoms with Crippen molar-refractivity contribution in [1.82, 2.24) is 0 Å². The molecular formula is C20H25NOS. The molecule has 0 aliphatic carbocycles.